The number of likely N-dealkylation sites (tertiary alicyclic amines) is 1. The predicted octanol–water partition coefficient (Wildman–Crippen LogP) is 1.84. The summed E-state index contributed by atoms with van der Waals surface area (Å²) in [6.07, 6.45) is 1.71. The molecule has 4 aliphatic rings. The molecule has 4 heterocycles. The minimum absolute atomic E-state index is 0.0600. The highest BCUT2D eigenvalue weighted by Gasteiger charge is 2.36. The Labute approximate surface area is 323 Å². The van der Waals surface area contributed by atoms with Gasteiger partial charge in [-0.1, -0.05) is 6.07 Å². The number of aromatic nitrogens is 1. The Balaban J connectivity index is 1.15. The maximum absolute atomic E-state index is 13.9. The second-order valence-corrected chi connectivity index (χ2v) is 14.3. The first-order valence-electron chi connectivity index (χ1n) is 19.1. The lowest BCUT2D eigenvalue weighted by molar-refractivity contribution is -0.146. The summed E-state index contributed by atoms with van der Waals surface area (Å²) in [6.45, 7) is 4.29. The maximum Gasteiger partial charge on any atom is 0.508 e. The van der Waals surface area contributed by atoms with Gasteiger partial charge in [-0.2, -0.15) is 0 Å². The van der Waals surface area contributed by atoms with Crippen LogP contribution in [0.15, 0.2) is 24.3 Å². The van der Waals surface area contributed by atoms with Crippen molar-refractivity contribution in [1.29, 1.82) is 0 Å². The fraction of sp³-hybridized carbons (Fsp3) is 0.579. The largest absolute Gasteiger partial charge is 0.508 e. The van der Waals surface area contributed by atoms with Crippen molar-refractivity contribution < 1.29 is 57.2 Å². The summed E-state index contributed by atoms with van der Waals surface area (Å²) >= 11 is 0. The van der Waals surface area contributed by atoms with Crippen molar-refractivity contribution in [1.82, 2.24) is 30.3 Å². The van der Waals surface area contributed by atoms with E-state index in [0.717, 1.165) is 24.8 Å². The van der Waals surface area contributed by atoms with Gasteiger partial charge in [-0.05, 0) is 70.1 Å². The van der Waals surface area contributed by atoms with Crippen molar-refractivity contribution in [2.24, 2.45) is 0 Å². The van der Waals surface area contributed by atoms with Gasteiger partial charge in [-0.3, -0.25) is 24.0 Å². The Kier molecular flexibility index (Phi) is 13.1. The molecule has 302 valence electrons. The van der Waals surface area contributed by atoms with Crippen molar-refractivity contribution in [2.75, 3.05) is 59.2 Å². The Morgan fingerprint density at radius 2 is 1.73 bits per heavy atom. The van der Waals surface area contributed by atoms with Gasteiger partial charge in [0.05, 0.1) is 12.1 Å². The molecule has 2 aromatic rings. The molecule has 2 N–H and O–H groups in total. The highest BCUT2D eigenvalue weighted by Crippen LogP contribution is 2.28. The average Bonchev–Trinajstić information content (AvgIpc) is 3.85. The quantitative estimate of drug-likeness (QED) is 0.207. The van der Waals surface area contributed by atoms with Crippen LogP contribution in [0.2, 0.25) is 0 Å². The third-order valence-electron chi connectivity index (χ3n) is 10.3. The molecule has 56 heavy (non-hydrogen) atoms. The van der Waals surface area contributed by atoms with Crippen LogP contribution in [0, 0.1) is 6.92 Å². The second-order valence-electron chi connectivity index (χ2n) is 14.3. The van der Waals surface area contributed by atoms with Crippen molar-refractivity contribution >= 4 is 52.7 Å². The number of benzene rings is 1. The highest BCUT2D eigenvalue weighted by atomic mass is 16.8. The molecule has 0 spiro atoms. The molecule has 6 rings (SSSR count). The summed E-state index contributed by atoms with van der Waals surface area (Å²) in [4.78, 5) is 99.4. The van der Waals surface area contributed by atoms with Crippen LogP contribution in [-0.2, 0) is 38.1 Å². The third kappa shape index (κ3) is 9.94. The fourth-order valence-corrected chi connectivity index (χ4v) is 6.95. The SMILES string of the molecule is CCOC(=O)N1CCN(C(=O)[C@H](CCC(=O)OCC2COC(=O)O2)NC(=O)c2cc(OCC(=O)N3CCC[C@H]3C(=O)NC3CCC3)c3ccc(C)cc3n2)CC1. The number of carbonyl (C=O) groups is 7. The number of piperazine rings is 1. The molecule has 18 heteroatoms. The minimum Gasteiger partial charge on any atom is -0.483 e. The normalized spacial score (nSPS) is 20.0. The van der Waals surface area contributed by atoms with Gasteiger partial charge in [-0.15, -0.1) is 0 Å². The Bertz CT molecular complexity index is 1830. The van der Waals surface area contributed by atoms with Gasteiger partial charge < -0.3 is 49.0 Å². The number of ether oxygens (including phenoxy) is 5. The first kappa shape index (κ1) is 40.0. The number of rotatable bonds is 14. The zero-order valence-electron chi connectivity index (χ0n) is 31.6. The van der Waals surface area contributed by atoms with Gasteiger partial charge >= 0.3 is 18.2 Å². The lowest BCUT2D eigenvalue weighted by Crippen LogP contribution is -2.56. The molecule has 3 aliphatic heterocycles. The smallest absolute Gasteiger partial charge is 0.483 e. The molecule has 1 saturated carbocycles. The molecule has 3 saturated heterocycles. The van der Waals surface area contributed by atoms with Crippen LogP contribution in [0.25, 0.3) is 10.9 Å². The average molecular weight is 781 g/mol. The van der Waals surface area contributed by atoms with E-state index in [0.29, 0.717) is 30.3 Å². The fourth-order valence-electron chi connectivity index (χ4n) is 6.95. The molecule has 5 amide bonds. The Morgan fingerprint density at radius 3 is 2.43 bits per heavy atom. The molecule has 1 aromatic heterocycles. The molecule has 1 aliphatic carbocycles. The summed E-state index contributed by atoms with van der Waals surface area (Å²) in [7, 11) is 0. The zero-order valence-corrected chi connectivity index (χ0v) is 31.6. The molecule has 0 radical (unpaired) electrons. The van der Waals surface area contributed by atoms with Gasteiger partial charge in [0.25, 0.3) is 11.8 Å². The van der Waals surface area contributed by atoms with E-state index < -0.39 is 48.2 Å². The maximum atomic E-state index is 13.9. The molecule has 3 atom stereocenters. The van der Waals surface area contributed by atoms with Crippen molar-refractivity contribution in [3.05, 3.63) is 35.5 Å². The summed E-state index contributed by atoms with van der Waals surface area (Å²) < 4.78 is 26.0. The van der Waals surface area contributed by atoms with E-state index >= 15 is 0 Å². The van der Waals surface area contributed by atoms with E-state index in [9.17, 15) is 33.6 Å². The number of nitrogens with one attached hydrogen (secondary N) is 2. The van der Waals surface area contributed by atoms with E-state index in [1.165, 1.54) is 20.8 Å². The highest BCUT2D eigenvalue weighted by molar-refractivity contribution is 5.99. The van der Waals surface area contributed by atoms with Gasteiger partial charge in [-0.25, -0.2) is 14.6 Å². The van der Waals surface area contributed by atoms with Crippen molar-refractivity contribution in [2.45, 2.75) is 83.0 Å². The van der Waals surface area contributed by atoms with E-state index in [-0.39, 0.29) is 94.7 Å². The number of esters is 1. The topological polar surface area (TPSA) is 212 Å². The summed E-state index contributed by atoms with van der Waals surface area (Å²) in [6, 6.07) is 5.16. The molecule has 0 bridgehead atoms. The minimum atomic E-state index is -1.20. The van der Waals surface area contributed by atoms with E-state index in [2.05, 4.69) is 15.6 Å². The zero-order chi connectivity index (χ0) is 39.8. The van der Waals surface area contributed by atoms with E-state index in [1.54, 1.807) is 19.1 Å². The van der Waals surface area contributed by atoms with Crippen molar-refractivity contribution in [3.63, 3.8) is 0 Å². The number of fused-ring (bicyclic) bond motifs is 1. The van der Waals surface area contributed by atoms with Crippen LogP contribution in [0.3, 0.4) is 0 Å². The van der Waals surface area contributed by atoms with Crippen LogP contribution < -0.4 is 15.4 Å². The van der Waals surface area contributed by atoms with Gasteiger partial charge in [0.2, 0.25) is 11.8 Å². The molecular formula is C38H48N6O12. The number of hydrogen-bond acceptors (Lipinski definition) is 13. The van der Waals surface area contributed by atoms with Crippen molar-refractivity contribution in [3.8, 4) is 5.75 Å². The first-order valence-corrected chi connectivity index (χ1v) is 19.1. The Hall–Kier alpha value is -5.68. The third-order valence-corrected chi connectivity index (χ3v) is 10.3. The lowest BCUT2D eigenvalue weighted by Gasteiger charge is -2.36. The van der Waals surface area contributed by atoms with E-state index in [1.807, 2.05) is 13.0 Å². The van der Waals surface area contributed by atoms with E-state index in [4.69, 9.17) is 23.7 Å². The van der Waals surface area contributed by atoms with Gasteiger partial charge in [0.1, 0.15) is 36.7 Å². The standard InChI is InChI=1S/C38H48N6O12/c1-3-52-37(50)43-16-14-42(15-17-43)36(49)27(11-12-33(46)54-20-25-21-55-38(51)56-25)41-34(47)29-19-31(26-10-9-23(2)18-28(26)40-29)53-22-32(45)44-13-5-8-30(44)35(48)39-24-6-4-7-24/h9-10,18-19,24-25,27,30H,3-8,11-17,20-22H2,1-2H3,(H,39,48)(H,41,47)/t25?,27-,30-/m0/s1. The molecule has 1 aromatic carbocycles. The number of carbonyl (C=O) groups excluding carboxylic acids is 7. The van der Waals surface area contributed by atoms with Crippen LogP contribution in [0.1, 0.15) is 67.9 Å². The first-order chi connectivity index (χ1) is 27.0. The summed E-state index contributed by atoms with van der Waals surface area (Å²) in [5.41, 5.74) is 1.17. The molecular weight excluding hydrogens is 732 g/mol. The second kappa shape index (κ2) is 18.3. The number of aryl methyl sites for hydroxylation is 1. The van der Waals surface area contributed by atoms with Crippen LogP contribution in [0.4, 0.5) is 9.59 Å². The molecule has 18 nitrogen and oxygen atoms in total. The number of nitrogens with zero attached hydrogens (tertiary/aromatic N) is 4. The number of cyclic esters (lactones) is 2. The lowest BCUT2D eigenvalue weighted by atomic mass is 9.93. The van der Waals surface area contributed by atoms with Crippen LogP contribution in [-0.4, -0.2) is 145 Å². The predicted molar refractivity (Wildman–Crippen MR) is 195 cm³/mol. The number of pyridine rings is 1. The van der Waals surface area contributed by atoms with Gasteiger partial charge in [0, 0.05) is 56.6 Å². The molecule has 1 unspecified atom stereocenters. The molecule has 4 fully saturated rings. The van der Waals surface area contributed by atoms with Gasteiger partial charge in [0.15, 0.2) is 12.7 Å². The van der Waals surface area contributed by atoms with Crippen LogP contribution >= 0.6 is 0 Å². The van der Waals surface area contributed by atoms with Crippen LogP contribution in [0.5, 0.6) is 5.75 Å². The number of amides is 5. The monoisotopic (exact) mass is 780 g/mol. The number of hydrogen-bond donors (Lipinski definition) is 2. The summed E-state index contributed by atoms with van der Waals surface area (Å²) in [5.74, 6) is -2.21. The summed E-state index contributed by atoms with van der Waals surface area (Å²) in [5, 5.41) is 6.32. The Morgan fingerprint density at radius 1 is 0.964 bits per heavy atom.